The van der Waals surface area contributed by atoms with E-state index in [1.54, 1.807) is 0 Å². The number of halogens is 2. The molecule has 1 aromatic carbocycles. The molecule has 0 aliphatic heterocycles. The van der Waals surface area contributed by atoms with Crippen LogP contribution in [0.4, 0.5) is 4.39 Å². The van der Waals surface area contributed by atoms with Gasteiger partial charge in [0.2, 0.25) is 0 Å². The van der Waals surface area contributed by atoms with Crippen LogP contribution in [0, 0.1) is 5.82 Å². The van der Waals surface area contributed by atoms with Gasteiger partial charge >= 0.3 is 0 Å². The molecule has 0 saturated carbocycles. The molecule has 1 unspecified atom stereocenters. The largest absolute Gasteiger partial charge is 0.301 e. The predicted molar refractivity (Wildman–Crippen MR) is 41.1 cm³/mol. The van der Waals surface area contributed by atoms with Gasteiger partial charge in [-0.1, -0.05) is 12.1 Å². The first-order chi connectivity index (χ1) is 5.24. The van der Waals surface area contributed by atoms with Crippen molar-refractivity contribution in [3.63, 3.8) is 0 Å². The monoisotopic (exact) mass is 172 g/mol. The molecule has 0 radical (unpaired) electrons. The lowest BCUT2D eigenvalue weighted by atomic mass is 10.2. The van der Waals surface area contributed by atoms with Gasteiger partial charge in [-0.25, -0.2) is 4.39 Å². The van der Waals surface area contributed by atoms with Gasteiger partial charge in [0, 0.05) is 0 Å². The van der Waals surface area contributed by atoms with E-state index in [-0.39, 0.29) is 5.82 Å². The zero-order chi connectivity index (χ0) is 8.27. The van der Waals surface area contributed by atoms with E-state index < -0.39 is 5.38 Å². The number of alkyl halides is 1. The number of benzene rings is 1. The van der Waals surface area contributed by atoms with Crippen molar-refractivity contribution in [2.24, 2.45) is 0 Å². The summed E-state index contributed by atoms with van der Waals surface area (Å²) in [5.41, 5.74) is 0.614. The molecule has 0 bridgehead atoms. The lowest BCUT2D eigenvalue weighted by Gasteiger charge is -1.99. The molecule has 0 aliphatic rings. The van der Waals surface area contributed by atoms with Crippen molar-refractivity contribution in [2.45, 2.75) is 5.38 Å². The molecular formula is C8H6ClFO. The Morgan fingerprint density at radius 1 is 1.36 bits per heavy atom. The number of hydrogen-bond acceptors (Lipinski definition) is 1. The summed E-state index contributed by atoms with van der Waals surface area (Å²) in [6.45, 7) is 0. The van der Waals surface area contributed by atoms with Gasteiger partial charge in [-0.05, 0) is 17.7 Å². The average molecular weight is 173 g/mol. The van der Waals surface area contributed by atoms with Crippen LogP contribution in [0.25, 0.3) is 0 Å². The fraction of sp³-hybridized carbons (Fsp3) is 0.125. The molecule has 0 saturated heterocycles. The quantitative estimate of drug-likeness (QED) is 0.494. The number of carbonyl (C=O) groups is 1. The highest BCUT2D eigenvalue weighted by Crippen LogP contribution is 2.17. The van der Waals surface area contributed by atoms with E-state index in [2.05, 4.69) is 0 Å². The molecule has 11 heavy (non-hydrogen) atoms. The minimum Gasteiger partial charge on any atom is -0.301 e. The average Bonchev–Trinajstić information content (AvgIpc) is 2.05. The van der Waals surface area contributed by atoms with E-state index in [1.165, 1.54) is 24.3 Å². The van der Waals surface area contributed by atoms with Gasteiger partial charge in [-0.2, -0.15) is 0 Å². The molecule has 1 aromatic rings. The Labute approximate surface area is 68.8 Å². The second kappa shape index (κ2) is 3.49. The van der Waals surface area contributed by atoms with E-state index in [9.17, 15) is 9.18 Å². The Bertz CT molecular complexity index is 245. The van der Waals surface area contributed by atoms with E-state index in [0.29, 0.717) is 11.8 Å². The van der Waals surface area contributed by atoms with Crippen LogP contribution in [0.3, 0.4) is 0 Å². The van der Waals surface area contributed by atoms with Gasteiger partial charge < -0.3 is 4.79 Å². The van der Waals surface area contributed by atoms with Gasteiger partial charge in [0.25, 0.3) is 0 Å². The summed E-state index contributed by atoms with van der Waals surface area (Å²) in [4.78, 5) is 10.2. The molecular weight excluding hydrogens is 167 g/mol. The second-order valence-corrected chi connectivity index (χ2v) is 2.56. The molecule has 3 heteroatoms. The van der Waals surface area contributed by atoms with Crippen molar-refractivity contribution in [1.29, 1.82) is 0 Å². The Kier molecular flexibility index (Phi) is 2.60. The molecule has 1 atom stereocenters. The fourth-order valence-corrected chi connectivity index (χ4v) is 0.871. The molecule has 0 spiro atoms. The van der Waals surface area contributed by atoms with Gasteiger partial charge in [0.1, 0.15) is 17.5 Å². The summed E-state index contributed by atoms with van der Waals surface area (Å²) in [6, 6.07) is 5.52. The van der Waals surface area contributed by atoms with E-state index in [1.807, 2.05) is 0 Å². The van der Waals surface area contributed by atoms with Crippen LogP contribution >= 0.6 is 11.6 Å². The normalized spacial score (nSPS) is 12.5. The van der Waals surface area contributed by atoms with E-state index >= 15 is 0 Å². The number of carbonyl (C=O) groups excluding carboxylic acids is 1. The molecule has 0 heterocycles. The lowest BCUT2D eigenvalue weighted by molar-refractivity contribution is -0.107. The van der Waals surface area contributed by atoms with Crippen molar-refractivity contribution >= 4 is 17.9 Å². The van der Waals surface area contributed by atoms with Crippen molar-refractivity contribution in [2.75, 3.05) is 0 Å². The second-order valence-electron chi connectivity index (χ2n) is 2.09. The van der Waals surface area contributed by atoms with E-state index in [4.69, 9.17) is 11.6 Å². The topological polar surface area (TPSA) is 17.1 Å². The maximum absolute atomic E-state index is 12.3. The van der Waals surface area contributed by atoms with Crippen molar-refractivity contribution in [3.05, 3.63) is 35.6 Å². The van der Waals surface area contributed by atoms with Crippen molar-refractivity contribution in [1.82, 2.24) is 0 Å². The summed E-state index contributed by atoms with van der Waals surface area (Å²) in [7, 11) is 0. The number of aldehydes is 1. The molecule has 0 amide bonds. The summed E-state index contributed by atoms with van der Waals surface area (Å²) in [5, 5.41) is -0.671. The molecule has 58 valence electrons. The minimum atomic E-state index is -0.671. The van der Waals surface area contributed by atoms with Crippen LogP contribution in [-0.2, 0) is 4.79 Å². The van der Waals surface area contributed by atoms with Gasteiger partial charge in [-0.15, -0.1) is 11.6 Å². The standard InChI is InChI=1S/C8H6ClFO/c9-8(5-11)6-1-3-7(10)4-2-6/h1-5,8H. The molecule has 1 rings (SSSR count). The highest BCUT2D eigenvalue weighted by molar-refractivity contribution is 6.27. The van der Waals surface area contributed by atoms with Crippen LogP contribution in [0.2, 0.25) is 0 Å². The number of rotatable bonds is 2. The Morgan fingerprint density at radius 3 is 2.36 bits per heavy atom. The zero-order valence-corrected chi connectivity index (χ0v) is 6.38. The summed E-state index contributed by atoms with van der Waals surface area (Å²) < 4.78 is 12.3. The maximum atomic E-state index is 12.3. The molecule has 1 nitrogen and oxygen atoms in total. The Morgan fingerprint density at radius 2 is 1.91 bits per heavy atom. The molecule has 0 aliphatic carbocycles. The fourth-order valence-electron chi connectivity index (χ4n) is 0.725. The summed E-state index contributed by atoms with van der Waals surface area (Å²) >= 11 is 5.55. The maximum Gasteiger partial charge on any atom is 0.142 e. The number of hydrogen-bond donors (Lipinski definition) is 0. The molecule has 0 aromatic heterocycles. The highest BCUT2D eigenvalue weighted by atomic mass is 35.5. The SMILES string of the molecule is O=CC(Cl)c1ccc(F)cc1. The minimum absolute atomic E-state index is 0.330. The third-order valence-corrected chi connectivity index (χ3v) is 1.66. The predicted octanol–water partition coefficient (Wildman–Crippen LogP) is 2.30. The lowest BCUT2D eigenvalue weighted by Crippen LogP contribution is -1.90. The Balaban J connectivity index is 2.89. The summed E-state index contributed by atoms with van der Waals surface area (Å²) in [5.74, 6) is -0.330. The molecule has 0 fully saturated rings. The third-order valence-electron chi connectivity index (χ3n) is 1.31. The smallest absolute Gasteiger partial charge is 0.142 e. The van der Waals surface area contributed by atoms with Crippen LogP contribution in [-0.4, -0.2) is 6.29 Å². The van der Waals surface area contributed by atoms with Gasteiger partial charge in [-0.3, -0.25) is 0 Å². The van der Waals surface area contributed by atoms with Gasteiger partial charge in [0.05, 0.1) is 0 Å². The van der Waals surface area contributed by atoms with Crippen LogP contribution in [0.1, 0.15) is 10.9 Å². The van der Waals surface area contributed by atoms with Crippen molar-refractivity contribution < 1.29 is 9.18 Å². The van der Waals surface area contributed by atoms with Crippen molar-refractivity contribution in [3.8, 4) is 0 Å². The first kappa shape index (κ1) is 8.21. The first-order valence-electron chi connectivity index (χ1n) is 3.09. The van der Waals surface area contributed by atoms with Crippen LogP contribution in [0.15, 0.2) is 24.3 Å². The van der Waals surface area contributed by atoms with Crippen LogP contribution in [0.5, 0.6) is 0 Å². The Hall–Kier alpha value is -0.890. The molecule has 0 N–H and O–H groups in total. The van der Waals surface area contributed by atoms with Gasteiger partial charge in [0.15, 0.2) is 0 Å². The van der Waals surface area contributed by atoms with E-state index in [0.717, 1.165) is 0 Å². The summed E-state index contributed by atoms with van der Waals surface area (Å²) in [6.07, 6.45) is 0.606. The zero-order valence-electron chi connectivity index (χ0n) is 5.63. The first-order valence-corrected chi connectivity index (χ1v) is 3.52. The van der Waals surface area contributed by atoms with Crippen LogP contribution < -0.4 is 0 Å². The third kappa shape index (κ3) is 2.02. The highest BCUT2D eigenvalue weighted by Gasteiger charge is 2.04.